The molecule has 9 heteroatoms. The maximum Gasteiger partial charge on any atom is 0.272 e. The number of thioether (sulfide) groups is 1. The summed E-state index contributed by atoms with van der Waals surface area (Å²) in [5.41, 5.74) is 3.54. The molecule has 0 aliphatic rings. The molecule has 0 saturated heterocycles. The van der Waals surface area contributed by atoms with E-state index in [0.29, 0.717) is 20.6 Å². The summed E-state index contributed by atoms with van der Waals surface area (Å²) in [6.07, 6.45) is 1.62. The lowest BCUT2D eigenvalue weighted by atomic mass is 10.1. The summed E-state index contributed by atoms with van der Waals surface area (Å²) in [4.78, 5) is 40.8. The van der Waals surface area contributed by atoms with Gasteiger partial charge in [-0.3, -0.25) is 14.4 Å². The highest BCUT2D eigenvalue weighted by atomic mass is 79.9. The molecule has 0 bridgehead atoms. The maximum absolute atomic E-state index is 14.6. The molecular formula is C37H29BrFN3O3S. The van der Waals surface area contributed by atoms with Crippen molar-refractivity contribution in [1.82, 2.24) is 5.32 Å². The van der Waals surface area contributed by atoms with E-state index in [2.05, 4.69) is 31.9 Å². The minimum Gasteiger partial charge on any atom is -0.322 e. The van der Waals surface area contributed by atoms with E-state index in [1.165, 1.54) is 23.9 Å². The molecule has 0 heterocycles. The average molecular weight is 695 g/mol. The Hall–Kier alpha value is -4.99. The predicted octanol–water partition coefficient (Wildman–Crippen LogP) is 8.78. The molecule has 5 aromatic rings. The van der Waals surface area contributed by atoms with Gasteiger partial charge in [-0.15, -0.1) is 11.8 Å². The van der Waals surface area contributed by atoms with Gasteiger partial charge in [0.05, 0.1) is 5.69 Å². The Bertz CT molecular complexity index is 1880. The van der Waals surface area contributed by atoms with Gasteiger partial charge in [0, 0.05) is 20.6 Å². The molecule has 5 aromatic carbocycles. The van der Waals surface area contributed by atoms with Crippen LogP contribution in [0.1, 0.15) is 32.3 Å². The summed E-state index contributed by atoms with van der Waals surface area (Å²) in [6, 6.07) is 36.9. The van der Waals surface area contributed by atoms with E-state index >= 15 is 0 Å². The Balaban J connectivity index is 1.38. The summed E-state index contributed by atoms with van der Waals surface area (Å²) >= 11 is 4.50. The van der Waals surface area contributed by atoms with Gasteiger partial charge in [-0.25, -0.2) is 4.39 Å². The standard InChI is InChI=1S/C37H29BrFN3O3S/c1-24-15-17-25(18-16-24)21-33(42-35(43)27-11-6-3-7-12-27)36(44)40-29-13-8-14-30(23-29)46-34(26-9-4-2-5-10-26)37(45)41-32-20-19-28(38)22-31(32)39/h2-23,34H,1H3,(H,40,44)(H,41,45)(H,42,43)/b33-21-. The minimum atomic E-state index is -0.725. The van der Waals surface area contributed by atoms with Crippen LogP contribution >= 0.6 is 27.7 Å². The molecule has 230 valence electrons. The summed E-state index contributed by atoms with van der Waals surface area (Å²) < 4.78 is 15.1. The molecule has 0 fully saturated rings. The molecule has 46 heavy (non-hydrogen) atoms. The zero-order chi connectivity index (χ0) is 32.5. The first kappa shape index (κ1) is 32.4. The zero-order valence-corrected chi connectivity index (χ0v) is 27.1. The highest BCUT2D eigenvalue weighted by molar-refractivity contribution is 9.10. The van der Waals surface area contributed by atoms with Crippen LogP contribution in [0, 0.1) is 12.7 Å². The molecule has 0 aliphatic carbocycles. The van der Waals surface area contributed by atoms with Crippen LogP contribution in [0.4, 0.5) is 15.8 Å². The van der Waals surface area contributed by atoms with Crippen molar-refractivity contribution in [3.05, 3.63) is 166 Å². The predicted molar refractivity (Wildman–Crippen MR) is 186 cm³/mol. The number of rotatable bonds is 10. The van der Waals surface area contributed by atoms with Gasteiger partial charge in [0.2, 0.25) is 5.91 Å². The zero-order valence-electron chi connectivity index (χ0n) is 24.7. The van der Waals surface area contributed by atoms with Crippen molar-refractivity contribution in [2.75, 3.05) is 10.6 Å². The Morgan fingerprint density at radius 1 is 0.783 bits per heavy atom. The third kappa shape index (κ3) is 8.80. The molecule has 1 atom stereocenters. The molecule has 0 spiro atoms. The number of halogens is 2. The quantitative estimate of drug-likeness (QED) is 0.101. The average Bonchev–Trinajstić information content (AvgIpc) is 3.06. The van der Waals surface area contributed by atoms with Gasteiger partial charge in [0.1, 0.15) is 16.8 Å². The van der Waals surface area contributed by atoms with Gasteiger partial charge < -0.3 is 16.0 Å². The lowest BCUT2D eigenvalue weighted by Gasteiger charge is -2.18. The Kier molecular flexibility index (Phi) is 10.8. The maximum atomic E-state index is 14.6. The van der Waals surface area contributed by atoms with Gasteiger partial charge in [-0.1, -0.05) is 100 Å². The second kappa shape index (κ2) is 15.3. The topological polar surface area (TPSA) is 87.3 Å². The van der Waals surface area contributed by atoms with Crippen LogP contribution in [0.25, 0.3) is 6.08 Å². The van der Waals surface area contributed by atoms with E-state index in [0.717, 1.165) is 16.7 Å². The first-order chi connectivity index (χ1) is 22.2. The fraction of sp³-hybridized carbons (Fsp3) is 0.0541. The molecule has 6 nitrogen and oxygen atoms in total. The fourth-order valence-corrected chi connectivity index (χ4v) is 5.86. The second-order valence-corrected chi connectivity index (χ2v) is 12.4. The number of nitrogens with one attached hydrogen (secondary N) is 3. The van der Waals surface area contributed by atoms with Crippen LogP contribution in [0.15, 0.2) is 142 Å². The van der Waals surface area contributed by atoms with E-state index < -0.39 is 28.8 Å². The minimum absolute atomic E-state index is 0.0637. The highest BCUT2D eigenvalue weighted by Crippen LogP contribution is 2.37. The van der Waals surface area contributed by atoms with Crippen LogP contribution in [-0.4, -0.2) is 17.7 Å². The number of benzene rings is 5. The third-order valence-corrected chi connectivity index (χ3v) is 8.53. The molecule has 0 aliphatic heterocycles. The SMILES string of the molecule is Cc1ccc(/C=C(\NC(=O)c2ccccc2)C(=O)Nc2cccc(SC(C(=O)Nc3ccc(Br)cc3F)c3ccccc3)c2)cc1. The summed E-state index contributed by atoms with van der Waals surface area (Å²) in [7, 11) is 0. The van der Waals surface area contributed by atoms with Crippen molar-refractivity contribution in [3.8, 4) is 0 Å². The lowest BCUT2D eigenvalue weighted by molar-refractivity contribution is -0.116. The number of carbonyl (C=O) groups is 3. The molecular weight excluding hydrogens is 665 g/mol. The van der Waals surface area contributed by atoms with Crippen LogP contribution in [0.3, 0.4) is 0 Å². The van der Waals surface area contributed by atoms with Crippen molar-refractivity contribution in [2.45, 2.75) is 17.1 Å². The monoisotopic (exact) mass is 693 g/mol. The molecule has 0 aromatic heterocycles. The molecule has 5 rings (SSSR count). The number of hydrogen-bond acceptors (Lipinski definition) is 4. The Morgan fingerprint density at radius 2 is 1.48 bits per heavy atom. The van der Waals surface area contributed by atoms with Crippen molar-refractivity contribution in [1.29, 1.82) is 0 Å². The fourth-order valence-electron chi connectivity index (χ4n) is 4.44. The first-order valence-electron chi connectivity index (χ1n) is 14.3. The van der Waals surface area contributed by atoms with E-state index in [9.17, 15) is 18.8 Å². The van der Waals surface area contributed by atoms with Gasteiger partial charge >= 0.3 is 0 Å². The van der Waals surface area contributed by atoms with Crippen molar-refractivity contribution in [2.24, 2.45) is 0 Å². The lowest BCUT2D eigenvalue weighted by Crippen LogP contribution is -2.30. The number of hydrogen-bond donors (Lipinski definition) is 3. The largest absolute Gasteiger partial charge is 0.322 e. The number of amides is 3. The molecule has 1 unspecified atom stereocenters. The van der Waals surface area contributed by atoms with E-state index in [1.807, 2.05) is 73.7 Å². The summed E-state index contributed by atoms with van der Waals surface area (Å²) in [6.45, 7) is 1.97. The van der Waals surface area contributed by atoms with Gasteiger partial charge in [0.15, 0.2) is 0 Å². The normalized spacial score (nSPS) is 11.8. The van der Waals surface area contributed by atoms with E-state index in [1.54, 1.807) is 54.6 Å². The van der Waals surface area contributed by atoms with Gasteiger partial charge in [-0.2, -0.15) is 0 Å². The third-order valence-electron chi connectivity index (χ3n) is 6.79. The summed E-state index contributed by atoms with van der Waals surface area (Å²) in [5.74, 6) is -1.90. The molecule has 3 N–H and O–H groups in total. The molecule has 0 saturated carbocycles. The van der Waals surface area contributed by atoms with Crippen LogP contribution in [-0.2, 0) is 9.59 Å². The summed E-state index contributed by atoms with van der Waals surface area (Å²) in [5, 5.41) is 7.60. The molecule has 0 radical (unpaired) electrons. The van der Waals surface area contributed by atoms with E-state index in [4.69, 9.17) is 0 Å². The van der Waals surface area contributed by atoms with Crippen molar-refractivity contribution >= 4 is 62.9 Å². The Labute approximate surface area is 279 Å². The Morgan fingerprint density at radius 3 is 2.17 bits per heavy atom. The number of aryl methyl sites for hydroxylation is 1. The second-order valence-electron chi connectivity index (χ2n) is 10.3. The highest BCUT2D eigenvalue weighted by Gasteiger charge is 2.24. The van der Waals surface area contributed by atoms with E-state index in [-0.39, 0.29) is 11.4 Å². The van der Waals surface area contributed by atoms with Crippen molar-refractivity contribution < 1.29 is 18.8 Å². The van der Waals surface area contributed by atoms with Gasteiger partial charge in [-0.05, 0) is 72.7 Å². The van der Waals surface area contributed by atoms with Crippen LogP contribution in [0.5, 0.6) is 0 Å². The van der Waals surface area contributed by atoms with Crippen LogP contribution < -0.4 is 16.0 Å². The van der Waals surface area contributed by atoms with Crippen molar-refractivity contribution in [3.63, 3.8) is 0 Å². The number of carbonyl (C=O) groups excluding carboxylic acids is 3. The van der Waals surface area contributed by atoms with Gasteiger partial charge in [0.25, 0.3) is 11.8 Å². The molecule has 3 amide bonds. The first-order valence-corrected chi connectivity index (χ1v) is 16.0. The number of anilines is 2. The van der Waals surface area contributed by atoms with Crippen LogP contribution in [0.2, 0.25) is 0 Å². The smallest absolute Gasteiger partial charge is 0.272 e.